The molecule has 1 N–H and O–H groups in total. The van der Waals surface area contributed by atoms with Crippen molar-refractivity contribution in [3.05, 3.63) is 60.7 Å². The van der Waals surface area contributed by atoms with Crippen LogP contribution in [0.3, 0.4) is 0 Å². The summed E-state index contributed by atoms with van der Waals surface area (Å²) in [5.74, 6) is -0.580. The minimum absolute atomic E-state index is 0.0509. The Morgan fingerprint density at radius 1 is 1.41 bits per heavy atom. The van der Waals surface area contributed by atoms with Crippen LogP contribution < -0.4 is 0 Å². The normalized spacial score (nSPS) is 11.6. The molecule has 0 amide bonds. The molecule has 1 aromatic carbocycles. The van der Waals surface area contributed by atoms with Gasteiger partial charge >= 0.3 is 5.97 Å². The molecular formula is C14H16O3. The summed E-state index contributed by atoms with van der Waals surface area (Å²) in [6, 6.07) is 9.40. The van der Waals surface area contributed by atoms with Gasteiger partial charge in [-0.25, -0.2) is 4.79 Å². The number of carbonyl (C=O) groups is 1. The second-order valence-corrected chi connectivity index (χ2v) is 3.59. The number of benzene rings is 1. The second-order valence-electron chi connectivity index (χ2n) is 3.59. The van der Waals surface area contributed by atoms with Crippen LogP contribution in [0, 0.1) is 0 Å². The van der Waals surface area contributed by atoms with Gasteiger partial charge in [0.15, 0.2) is 0 Å². The van der Waals surface area contributed by atoms with Crippen molar-refractivity contribution in [3.8, 4) is 0 Å². The predicted octanol–water partition coefficient (Wildman–Crippen LogP) is 2.40. The van der Waals surface area contributed by atoms with E-state index in [2.05, 4.69) is 13.2 Å². The summed E-state index contributed by atoms with van der Waals surface area (Å²) in [5, 5.41) is 8.80. The van der Waals surface area contributed by atoms with Crippen molar-refractivity contribution < 1.29 is 14.6 Å². The van der Waals surface area contributed by atoms with E-state index in [0.29, 0.717) is 6.42 Å². The SMILES string of the molecule is C=CCC(OC(=O)C(=C)CO)c1ccccc1. The van der Waals surface area contributed by atoms with Gasteiger partial charge in [-0.05, 0) is 5.56 Å². The number of hydrogen-bond donors (Lipinski definition) is 1. The maximum atomic E-state index is 11.5. The first kappa shape index (κ1) is 13.2. The summed E-state index contributed by atoms with van der Waals surface area (Å²) < 4.78 is 5.26. The first-order valence-electron chi connectivity index (χ1n) is 5.34. The van der Waals surface area contributed by atoms with Gasteiger partial charge in [0.25, 0.3) is 0 Å². The van der Waals surface area contributed by atoms with Crippen LogP contribution in [0.15, 0.2) is 55.1 Å². The Kier molecular flexibility index (Phi) is 5.17. The first-order chi connectivity index (χ1) is 8.19. The number of hydrogen-bond acceptors (Lipinski definition) is 3. The summed E-state index contributed by atoms with van der Waals surface area (Å²) >= 11 is 0. The molecule has 0 fully saturated rings. The minimum Gasteiger partial charge on any atom is -0.454 e. The lowest BCUT2D eigenvalue weighted by Gasteiger charge is -2.17. The highest BCUT2D eigenvalue weighted by Crippen LogP contribution is 2.22. The fourth-order valence-electron chi connectivity index (χ4n) is 1.35. The van der Waals surface area contributed by atoms with Crippen LogP contribution in [0.5, 0.6) is 0 Å². The Balaban J connectivity index is 2.77. The molecule has 0 radical (unpaired) electrons. The van der Waals surface area contributed by atoms with Gasteiger partial charge in [0.05, 0.1) is 12.2 Å². The van der Waals surface area contributed by atoms with Gasteiger partial charge in [0, 0.05) is 6.42 Å². The maximum absolute atomic E-state index is 11.5. The maximum Gasteiger partial charge on any atom is 0.336 e. The highest BCUT2D eigenvalue weighted by molar-refractivity contribution is 5.88. The van der Waals surface area contributed by atoms with Gasteiger partial charge in [-0.1, -0.05) is 43.0 Å². The lowest BCUT2D eigenvalue weighted by atomic mass is 10.1. The molecule has 0 aliphatic carbocycles. The van der Waals surface area contributed by atoms with E-state index in [0.717, 1.165) is 5.56 Å². The van der Waals surface area contributed by atoms with Crippen LogP contribution in [0.4, 0.5) is 0 Å². The zero-order valence-corrected chi connectivity index (χ0v) is 9.63. The van der Waals surface area contributed by atoms with Crippen LogP contribution in [-0.2, 0) is 9.53 Å². The van der Waals surface area contributed by atoms with Crippen molar-refractivity contribution in [2.24, 2.45) is 0 Å². The highest BCUT2D eigenvalue weighted by Gasteiger charge is 2.16. The molecule has 0 aliphatic rings. The van der Waals surface area contributed by atoms with Crippen molar-refractivity contribution in [2.45, 2.75) is 12.5 Å². The Labute approximate surface area is 101 Å². The number of rotatable bonds is 6. The summed E-state index contributed by atoms with van der Waals surface area (Å²) in [6.45, 7) is 6.67. The van der Waals surface area contributed by atoms with Gasteiger partial charge in [0.1, 0.15) is 6.10 Å². The van der Waals surface area contributed by atoms with E-state index < -0.39 is 12.6 Å². The molecular weight excluding hydrogens is 216 g/mol. The number of aliphatic hydroxyl groups is 1. The zero-order chi connectivity index (χ0) is 12.7. The molecule has 1 aromatic rings. The average molecular weight is 232 g/mol. The third-order valence-electron chi connectivity index (χ3n) is 2.28. The van der Waals surface area contributed by atoms with E-state index in [9.17, 15) is 4.79 Å². The van der Waals surface area contributed by atoms with Crippen molar-refractivity contribution in [1.29, 1.82) is 0 Å². The summed E-state index contributed by atoms with van der Waals surface area (Å²) in [4.78, 5) is 11.5. The minimum atomic E-state index is -0.580. The molecule has 0 saturated carbocycles. The third kappa shape index (κ3) is 3.89. The molecule has 0 spiro atoms. The molecule has 0 saturated heterocycles. The molecule has 90 valence electrons. The van der Waals surface area contributed by atoms with E-state index >= 15 is 0 Å². The number of aliphatic hydroxyl groups excluding tert-OH is 1. The van der Waals surface area contributed by atoms with Crippen LogP contribution >= 0.6 is 0 Å². The van der Waals surface area contributed by atoms with E-state index in [1.165, 1.54) is 0 Å². The van der Waals surface area contributed by atoms with Gasteiger partial charge in [0.2, 0.25) is 0 Å². The fraction of sp³-hybridized carbons (Fsp3) is 0.214. The second kappa shape index (κ2) is 6.66. The van der Waals surface area contributed by atoms with Crippen molar-refractivity contribution in [3.63, 3.8) is 0 Å². The fourth-order valence-corrected chi connectivity index (χ4v) is 1.35. The molecule has 3 nitrogen and oxygen atoms in total. The van der Waals surface area contributed by atoms with Gasteiger partial charge in [-0.3, -0.25) is 0 Å². The Bertz CT molecular complexity index is 395. The molecule has 3 heteroatoms. The summed E-state index contributed by atoms with van der Waals surface area (Å²) in [5.41, 5.74) is 0.946. The molecule has 1 rings (SSSR count). The topological polar surface area (TPSA) is 46.5 Å². The molecule has 0 aliphatic heterocycles. The Morgan fingerprint density at radius 3 is 2.59 bits per heavy atom. The standard InChI is InChI=1S/C14H16O3/c1-3-7-13(12-8-5-4-6-9-12)17-14(16)11(2)10-15/h3-6,8-9,13,15H,1-2,7,10H2. The lowest BCUT2D eigenvalue weighted by molar-refractivity contribution is -0.145. The number of esters is 1. The predicted molar refractivity (Wildman–Crippen MR) is 66.3 cm³/mol. The zero-order valence-electron chi connectivity index (χ0n) is 9.63. The smallest absolute Gasteiger partial charge is 0.336 e. The highest BCUT2D eigenvalue weighted by atomic mass is 16.5. The molecule has 0 aromatic heterocycles. The van der Waals surface area contributed by atoms with Gasteiger partial charge in [-0.2, -0.15) is 0 Å². The van der Waals surface area contributed by atoms with E-state index in [1.54, 1.807) is 6.08 Å². The Hall–Kier alpha value is -1.87. The third-order valence-corrected chi connectivity index (χ3v) is 2.28. The monoisotopic (exact) mass is 232 g/mol. The number of ether oxygens (including phenoxy) is 1. The quantitative estimate of drug-likeness (QED) is 0.465. The van der Waals surface area contributed by atoms with Crippen molar-refractivity contribution in [2.75, 3.05) is 6.61 Å². The number of carbonyl (C=O) groups excluding carboxylic acids is 1. The average Bonchev–Trinajstić information content (AvgIpc) is 2.38. The largest absolute Gasteiger partial charge is 0.454 e. The van der Waals surface area contributed by atoms with E-state index in [1.807, 2.05) is 30.3 Å². The van der Waals surface area contributed by atoms with Crippen molar-refractivity contribution in [1.82, 2.24) is 0 Å². The molecule has 1 unspecified atom stereocenters. The molecule has 17 heavy (non-hydrogen) atoms. The van der Waals surface area contributed by atoms with Crippen LogP contribution in [0.2, 0.25) is 0 Å². The van der Waals surface area contributed by atoms with Gasteiger partial charge in [-0.15, -0.1) is 6.58 Å². The van der Waals surface area contributed by atoms with Crippen LogP contribution in [0.25, 0.3) is 0 Å². The Morgan fingerprint density at radius 2 is 2.06 bits per heavy atom. The molecule has 0 heterocycles. The molecule has 0 bridgehead atoms. The van der Waals surface area contributed by atoms with E-state index in [4.69, 9.17) is 9.84 Å². The summed E-state index contributed by atoms with van der Waals surface area (Å²) in [6.07, 6.45) is 1.82. The van der Waals surface area contributed by atoms with Crippen molar-refractivity contribution >= 4 is 5.97 Å². The first-order valence-corrected chi connectivity index (χ1v) is 5.34. The van der Waals surface area contributed by atoms with E-state index in [-0.39, 0.29) is 11.7 Å². The van der Waals surface area contributed by atoms with Crippen LogP contribution in [0.1, 0.15) is 18.1 Å². The van der Waals surface area contributed by atoms with Gasteiger partial charge < -0.3 is 9.84 Å². The molecule has 1 atom stereocenters. The van der Waals surface area contributed by atoms with Crippen LogP contribution in [-0.4, -0.2) is 17.7 Å². The lowest BCUT2D eigenvalue weighted by Crippen LogP contribution is -2.14. The summed E-state index contributed by atoms with van der Waals surface area (Å²) in [7, 11) is 0.